The molecular weight excluding hydrogens is 335 g/mol. The Kier molecular flexibility index (Phi) is 5.83. The van der Waals surface area contributed by atoms with E-state index in [9.17, 15) is 14.0 Å². The quantitative estimate of drug-likeness (QED) is 0.818. The Bertz CT molecular complexity index is 670. The van der Waals surface area contributed by atoms with Gasteiger partial charge < -0.3 is 15.0 Å². The number of rotatable bonds is 5. The highest BCUT2D eigenvalue weighted by Gasteiger charge is 2.38. The van der Waals surface area contributed by atoms with E-state index in [1.54, 1.807) is 14.0 Å². The Morgan fingerprint density at radius 2 is 2.12 bits per heavy atom. The van der Waals surface area contributed by atoms with Gasteiger partial charge in [-0.2, -0.15) is 0 Å². The number of halogens is 2. The van der Waals surface area contributed by atoms with Crippen LogP contribution in [0.25, 0.3) is 0 Å². The molecule has 130 valence electrons. The lowest BCUT2D eigenvalue weighted by Crippen LogP contribution is -2.47. The molecule has 1 N–H and O–H groups in total. The number of nitrogens with one attached hydrogen (secondary N) is 1. The molecule has 0 saturated carbocycles. The summed E-state index contributed by atoms with van der Waals surface area (Å²) in [6, 6.07) is 2.83. The average molecular weight is 355 g/mol. The summed E-state index contributed by atoms with van der Waals surface area (Å²) >= 11 is 6.14. The molecular formula is C17H20ClFN2O3. The molecule has 0 saturated heterocycles. The molecule has 2 amide bonds. The van der Waals surface area contributed by atoms with Crippen molar-refractivity contribution in [2.24, 2.45) is 0 Å². The fraction of sp³-hybridized carbons (Fsp3) is 0.412. The van der Waals surface area contributed by atoms with E-state index in [1.165, 1.54) is 23.1 Å². The molecule has 0 radical (unpaired) electrons. The molecule has 2 rings (SSSR count). The van der Waals surface area contributed by atoms with Crippen LogP contribution in [0.5, 0.6) is 0 Å². The van der Waals surface area contributed by atoms with Crippen LogP contribution in [0, 0.1) is 5.82 Å². The van der Waals surface area contributed by atoms with Gasteiger partial charge in [0.05, 0.1) is 18.2 Å². The molecule has 24 heavy (non-hydrogen) atoms. The van der Waals surface area contributed by atoms with Crippen LogP contribution in [-0.4, -0.2) is 30.6 Å². The highest BCUT2D eigenvalue weighted by Crippen LogP contribution is 2.37. The van der Waals surface area contributed by atoms with Gasteiger partial charge in [0, 0.05) is 23.3 Å². The number of carbonyl (C=O) groups excluding carboxylic acids is 2. The molecule has 7 heteroatoms. The summed E-state index contributed by atoms with van der Waals surface area (Å²) in [5.41, 5.74) is 0.800. The van der Waals surface area contributed by atoms with Crippen molar-refractivity contribution in [2.45, 2.75) is 32.7 Å². The Labute approximate surface area is 145 Å². The number of esters is 1. The van der Waals surface area contributed by atoms with Crippen LogP contribution >= 0.6 is 11.6 Å². The van der Waals surface area contributed by atoms with Crippen molar-refractivity contribution in [1.82, 2.24) is 10.2 Å². The van der Waals surface area contributed by atoms with E-state index in [0.29, 0.717) is 18.5 Å². The second-order valence-electron chi connectivity index (χ2n) is 5.41. The highest BCUT2D eigenvalue weighted by molar-refractivity contribution is 6.31. The first-order valence-corrected chi connectivity index (χ1v) is 8.18. The van der Waals surface area contributed by atoms with E-state index >= 15 is 0 Å². The minimum absolute atomic E-state index is 0.0669. The maximum absolute atomic E-state index is 14.4. The molecule has 1 atom stereocenters. The molecule has 1 aromatic rings. The van der Waals surface area contributed by atoms with Crippen LogP contribution in [-0.2, 0) is 9.53 Å². The third-order valence-electron chi connectivity index (χ3n) is 3.85. The number of hydrogen-bond acceptors (Lipinski definition) is 3. The number of ether oxygens (including phenoxy) is 1. The van der Waals surface area contributed by atoms with Gasteiger partial charge in [-0.3, -0.25) is 0 Å². The average Bonchev–Trinajstić information content (AvgIpc) is 2.52. The van der Waals surface area contributed by atoms with Crippen LogP contribution in [0.4, 0.5) is 9.18 Å². The summed E-state index contributed by atoms with van der Waals surface area (Å²) in [5, 5.41) is 2.79. The second-order valence-corrected chi connectivity index (χ2v) is 5.81. The molecule has 0 bridgehead atoms. The van der Waals surface area contributed by atoms with E-state index < -0.39 is 23.9 Å². The van der Waals surface area contributed by atoms with Gasteiger partial charge in [-0.1, -0.05) is 31.0 Å². The molecule has 1 unspecified atom stereocenters. The predicted octanol–water partition coefficient (Wildman–Crippen LogP) is 3.79. The summed E-state index contributed by atoms with van der Waals surface area (Å²) < 4.78 is 19.5. The van der Waals surface area contributed by atoms with Crippen molar-refractivity contribution in [1.29, 1.82) is 0 Å². The minimum Gasteiger partial charge on any atom is -0.463 e. The lowest BCUT2D eigenvalue weighted by atomic mass is 9.92. The number of amides is 2. The van der Waals surface area contributed by atoms with Gasteiger partial charge in [-0.25, -0.2) is 14.0 Å². The smallest absolute Gasteiger partial charge is 0.338 e. The summed E-state index contributed by atoms with van der Waals surface area (Å²) in [7, 11) is 1.57. The Balaban J connectivity index is 2.67. The van der Waals surface area contributed by atoms with Crippen molar-refractivity contribution in [2.75, 3.05) is 13.7 Å². The molecule has 1 aromatic carbocycles. The van der Waals surface area contributed by atoms with E-state index in [2.05, 4.69) is 5.32 Å². The summed E-state index contributed by atoms with van der Waals surface area (Å²) in [5.74, 6) is -1.17. The fourth-order valence-electron chi connectivity index (χ4n) is 2.75. The van der Waals surface area contributed by atoms with Crippen molar-refractivity contribution in [3.8, 4) is 0 Å². The standard InChI is InChI=1S/C17H20ClFN2O3/c1-4-7-12-14(16(22)24-5-2)15(20-17(23)21(12)3)13-10(18)8-6-9-11(13)19/h6,8-9,15H,4-5,7H2,1-3H3,(H,20,23). The van der Waals surface area contributed by atoms with E-state index in [0.717, 1.165) is 0 Å². The van der Waals surface area contributed by atoms with Crippen LogP contribution in [0.2, 0.25) is 5.02 Å². The van der Waals surface area contributed by atoms with Gasteiger partial charge in [0.15, 0.2) is 0 Å². The van der Waals surface area contributed by atoms with Crippen molar-refractivity contribution >= 4 is 23.6 Å². The molecule has 1 heterocycles. The summed E-state index contributed by atoms with van der Waals surface area (Å²) in [4.78, 5) is 26.2. The van der Waals surface area contributed by atoms with Gasteiger partial charge in [0.1, 0.15) is 5.82 Å². The zero-order valence-electron chi connectivity index (χ0n) is 13.9. The normalized spacial score (nSPS) is 17.8. The molecule has 0 fully saturated rings. The molecule has 0 spiro atoms. The largest absolute Gasteiger partial charge is 0.463 e. The van der Waals surface area contributed by atoms with Crippen LogP contribution in [0.1, 0.15) is 38.3 Å². The molecule has 1 aliphatic heterocycles. The number of allylic oxidation sites excluding steroid dienone is 1. The van der Waals surface area contributed by atoms with Gasteiger partial charge >= 0.3 is 12.0 Å². The van der Waals surface area contributed by atoms with Gasteiger partial charge in [0.25, 0.3) is 0 Å². The van der Waals surface area contributed by atoms with Gasteiger partial charge in [0.2, 0.25) is 0 Å². The van der Waals surface area contributed by atoms with Gasteiger partial charge in [-0.15, -0.1) is 0 Å². The van der Waals surface area contributed by atoms with Crippen LogP contribution in [0.3, 0.4) is 0 Å². The van der Waals surface area contributed by atoms with Gasteiger partial charge in [-0.05, 0) is 25.5 Å². The summed E-state index contributed by atoms with van der Waals surface area (Å²) in [6.45, 7) is 3.80. The monoisotopic (exact) mass is 354 g/mol. The number of hydrogen-bond donors (Lipinski definition) is 1. The van der Waals surface area contributed by atoms with Crippen molar-refractivity contribution in [3.05, 3.63) is 45.9 Å². The zero-order chi connectivity index (χ0) is 17.9. The zero-order valence-corrected chi connectivity index (χ0v) is 14.6. The predicted molar refractivity (Wildman–Crippen MR) is 89.0 cm³/mol. The fourth-order valence-corrected chi connectivity index (χ4v) is 3.02. The molecule has 1 aliphatic rings. The Morgan fingerprint density at radius 1 is 1.42 bits per heavy atom. The number of benzene rings is 1. The summed E-state index contributed by atoms with van der Waals surface area (Å²) in [6.07, 6.45) is 1.20. The third-order valence-corrected chi connectivity index (χ3v) is 4.18. The molecule has 0 aliphatic carbocycles. The van der Waals surface area contributed by atoms with E-state index in [-0.39, 0.29) is 22.8 Å². The third kappa shape index (κ3) is 3.38. The van der Waals surface area contributed by atoms with Crippen LogP contribution in [0.15, 0.2) is 29.5 Å². The number of nitrogens with zero attached hydrogens (tertiary/aromatic N) is 1. The Morgan fingerprint density at radius 3 is 2.71 bits per heavy atom. The number of carbonyl (C=O) groups is 2. The van der Waals surface area contributed by atoms with E-state index in [1.807, 2.05) is 6.92 Å². The second kappa shape index (κ2) is 7.66. The maximum Gasteiger partial charge on any atom is 0.338 e. The SMILES string of the molecule is CCCC1=C(C(=O)OCC)C(c2c(F)cccc2Cl)NC(=O)N1C. The molecule has 0 aromatic heterocycles. The minimum atomic E-state index is -0.983. The van der Waals surface area contributed by atoms with Crippen LogP contribution < -0.4 is 5.32 Å². The van der Waals surface area contributed by atoms with E-state index in [4.69, 9.17) is 16.3 Å². The topological polar surface area (TPSA) is 58.6 Å². The van der Waals surface area contributed by atoms with Crippen molar-refractivity contribution < 1.29 is 18.7 Å². The number of urea groups is 1. The molecule has 5 nitrogen and oxygen atoms in total. The Hall–Kier alpha value is -2.08. The highest BCUT2D eigenvalue weighted by atomic mass is 35.5. The van der Waals surface area contributed by atoms with Crippen molar-refractivity contribution in [3.63, 3.8) is 0 Å². The lowest BCUT2D eigenvalue weighted by Gasteiger charge is -2.35. The first kappa shape index (κ1) is 18.3. The first-order valence-electron chi connectivity index (χ1n) is 7.80. The maximum atomic E-state index is 14.4. The lowest BCUT2D eigenvalue weighted by molar-refractivity contribution is -0.139. The first-order chi connectivity index (χ1) is 11.4.